The first-order valence-corrected chi connectivity index (χ1v) is 4.86. The number of aliphatic hydroxyl groups is 1. The average molecular weight is 188 g/mol. The Morgan fingerprint density at radius 3 is 2.54 bits per heavy atom. The molecule has 0 spiro atoms. The largest absolute Gasteiger partial charge is 0.390 e. The molecule has 3 heteroatoms. The Balaban J connectivity index is 2.29. The molecule has 0 radical (unpaired) electrons. The minimum atomic E-state index is -0.329. The summed E-state index contributed by atoms with van der Waals surface area (Å²) in [6, 6.07) is 0. The Hall–Kier alpha value is -0.120. The molecule has 0 amide bonds. The van der Waals surface area contributed by atoms with Gasteiger partial charge in [0.15, 0.2) is 0 Å². The van der Waals surface area contributed by atoms with E-state index in [9.17, 15) is 5.11 Å². The lowest BCUT2D eigenvalue weighted by Gasteiger charge is -2.25. The smallest absolute Gasteiger partial charge is 0.0852 e. The average Bonchev–Trinajstić information content (AvgIpc) is 2.32. The second-order valence-corrected chi connectivity index (χ2v) is 4.37. The van der Waals surface area contributed by atoms with E-state index in [2.05, 4.69) is 13.8 Å². The molecule has 1 N–H and O–H groups in total. The first-order valence-electron chi connectivity index (χ1n) is 4.86. The molecule has 0 aromatic carbocycles. The highest BCUT2D eigenvalue weighted by Crippen LogP contribution is 2.38. The van der Waals surface area contributed by atoms with Crippen molar-refractivity contribution in [3.63, 3.8) is 0 Å². The lowest BCUT2D eigenvalue weighted by atomic mass is 9.89. The fraction of sp³-hybridized carbons (Fsp3) is 1.00. The van der Waals surface area contributed by atoms with E-state index < -0.39 is 0 Å². The fourth-order valence-electron chi connectivity index (χ4n) is 1.78. The van der Waals surface area contributed by atoms with Crippen molar-refractivity contribution in [2.24, 2.45) is 5.41 Å². The third-order valence-corrected chi connectivity index (χ3v) is 2.85. The maximum Gasteiger partial charge on any atom is 0.0852 e. The van der Waals surface area contributed by atoms with Gasteiger partial charge >= 0.3 is 0 Å². The summed E-state index contributed by atoms with van der Waals surface area (Å²) < 4.78 is 10.4. The van der Waals surface area contributed by atoms with Gasteiger partial charge in [-0.2, -0.15) is 0 Å². The predicted octanol–water partition coefficient (Wildman–Crippen LogP) is 1.20. The van der Waals surface area contributed by atoms with E-state index in [-0.39, 0.29) is 17.6 Å². The summed E-state index contributed by atoms with van der Waals surface area (Å²) in [5, 5.41) is 9.85. The molecule has 1 fully saturated rings. The number of hydrogen-bond acceptors (Lipinski definition) is 3. The summed E-state index contributed by atoms with van der Waals surface area (Å²) >= 11 is 0. The molecule has 0 bridgehead atoms. The van der Waals surface area contributed by atoms with Crippen LogP contribution in [0.25, 0.3) is 0 Å². The summed E-state index contributed by atoms with van der Waals surface area (Å²) in [6.07, 6.45) is 1.67. The normalized spacial score (nSPS) is 32.3. The Morgan fingerprint density at radius 1 is 1.38 bits per heavy atom. The van der Waals surface area contributed by atoms with Crippen molar-refractivity contribution < 1.29 is 14.6 Å². The second-order valence-electron chi connectivity index (χ2n) is 4.37. The van der Waals surface area contributed by atoms with Gasteiger partial charge in [0.1, 0.15) is 0 Å². The van der Waals surface area contributed by atoms with Crippen molar-refractivity contribution in [1.29, 1.82) is 0 Å². The monoisotopic (exact) mass is 188 g/mol. The molecule has 2 unspecified atom stereocenters. The van der Waals surface area contributed by atoms with Crippen LogP contribution in [-0.2, 0) is 9.47 Å². The molecule has 1 saturated carbocycles. The van der Waals surface area contributed by atoms with E-state index in [0.29, 0.717) is 13.2 Å². The molecule has 0 heterocycles. The zero-order valence-electron chi connectivity index (χ0n) is 8.75. The third kappa shape index (κ3) is 2.66. The van der Waals surface area contributed by atoms with Gasteiger partial charge in [0.05, 0.1) is 25.4 Å². The van der Waals surface area contributed by atoms with E-state index in [1.807, 2.05) is 0 Å². The Kier molecular flexibility index (Phi) is 3.71. The van der Waals surface area contributed by atoms with Crippen LogP contribution in [0.2, 0.25) is 0 Å². The fourth-order valence-corrected chi connectivity index (χ4v) is 1.78. The van der Waals surface area contributed by atoms with Gasteiger partial charge in [0.2, 0.25) is 0 Å². The van der Waals surface area contributed by atoms with Gasteiger partial charge in [-0.25, -0.2) is 0 Å². The Bertz CT molecular complexity index is 156. The Labute approximate surface area is 80.0 Å². The molecule has 1 rings (SSSR count). The first kappa shape index (κ1) is 11.0. The van der Waals surface area contributed by atoms with Gasteiger partial charge < -0.3 is 14.6 Å². The van der Waals surface area contributed by atoms with E-state index in [1.165, 1.54) is 0 Å². The van der Waals surface area contributed by atoms with Gasteiger partial charge in [-0.15, -0.1) is 0 Å². The number of methoxy groups -OCH3 is 1. The standard InChI is InChI=1S/C10H20O3/c1-10(2)5-4-8(9(10)11)13-7-6-12-3/h8-9,11H,4-7H2,1-3H3. The zero-order chi connectivity index (χ0) is 9.90. The molecule has 3 nitrogen and oxygen atoms in total. The quantitative estimate of drug-likeness (QED) is 0.674. The number of rotatable bonds is 4. The van der Waals surface area contributed by atoms with Crippen LogP contribution in [0, 0.1) is 5.41 Å². The molecule has 0 saturated heterocycles. The van der Waals surface area contributed by atoms with Crippen LogP contribution in [0.4, 0.5) is 0 Å². The molecule has 1 aliphatic rings. The van der Waals surface area contributed by atoms with Crippen LogP contribution < -0.4 is 0 Å². The van der Waals surface area contributed by atoms with Gasteiger partial charge in [-0.05, 0) is 18.3 Å². The second kappa shape index (κ2) is 4.40. The predicted molar refractivity (Wildman–Crippen MR) is 50.6 cm³/mol. The molecular weight excluding hydrogens is 168 g/mol. The van der Waals surface area contributed by atoms with E-state index in [1.54, 1.807) is 7.11 Å². The van der Waals surface area contributed by atoms with Crippen LogP contribution in [0.15, 0.2) is 0 Å². The van der Waals surface area contributed by atoms with Crippen LogP contribution in [-0.4, -0.2) is 37.6 Å². The van der Waals surface area contributed by atoms with Crippen molar-refractivity contribution in [3.8, 4) is 0 Å². The van der Waals surface area contributed by atoms with Crippen molar-refractivity contribution in [3.05, 3.63) is 0 Å². The highest BCUT2D eigenvalue weighted by atomic mass is 16.5. The summed E-state index contributed by atoms with van der Waals surface area (Å²) in [5.74, 6) is 0. The summed E-state index contributed by atoms with van der Waals surface area (Å²) in [7, 11) is 1.65. The molecule has 0 aliphatic heterocycles. The van der Waals surface area contributed by atoms with Crippen molar-refractivity contribution in [2.75, 3.05) is 20.3 Å². The minimum absolute atomic E-state index is 0.00477. The van der Waals surface area contributed by atoms with Crippen LogP contribution >= 0.6 is 0 Å². The van der Waals surface area contributed by atoms with Crippen LogP contribution in [0.5, 0.6) is 0 Å². The summed E-state index contributed by atoms with van der Waals surface area (Å²) in [5.41, 5.74) is 0.0116. The van der Waals surface area contributed by atoms with Gasteiger partial charge in [0.25, 0.3) is 0 Å². The summed E-state index contributed by atoms with van der Waals surface area (Å²) in [4.78, 5) is 0. The first-order chi connectivity index (χ1) is 6.08. The highest BCUT2D eigenvalue weighted by Gasteiger charge is 2.41. The highest BCUT2D eigenvalue weighted by molar-refractivity contribution is 4.91. The maximum absolute atomic E-state index is 9.85. The topological polar surface area (TPSA) is 38.7 Å². The van der Waals surface area contributed by atoms with Gasteiger partial charge in [-0.1, -0.05) is 13.8 Å². The Morgan fingerprint density at radius 2 is 2.08 bits per heavy atom. The molecule has 1 aliphatic carbocycles. The molecule has 0 aromatic rings. The number of hydrogen-bond donors (Lipinski definition) is 1. The SMILES string of the molecule is COCCOC1CCC(C)(C)C1O. The minimum Gasteiger partial charge on any atom is -0.390 e. The summed E-state index contributed by atoms with van der Waals surface area (Å²) in [6.45, 7) is 5.34. The van der Waals surface area contributed by atoms with Crippen molar-refractivity contribution >= 4 is 0 Å². The number of aliphatic hydroxyl groups excluding tert-OH is 1. The van der Waals surface area contributed by atoms with Crippen molar-refractivity contribution in [2.45, 2.75) is 38.9 Å². The third-order valence-electron chi connectivity index (χ3n) is 2.85. The molecule has 13 heavy (non-hydrogen) atoms. The maximum atomic E-state index is 9.85. The van der Waals surface area contributed by atoms with E-state index >= 15 is 0 Å². The molecule has 2 atom stereocenters. The van der Waals surface area contributed by atoms with Crippen LogP contribution in [0.3, 0.4) is 0 Å². The molecule has 78 valence electrons. The molecule has 0 aromatic heterocycles. The van der Waals surface area contributed by atoms with Gasteiger partial charge in [0, 0.05) is 7.11 Å². The molecular formula is C10H20O3. The van der Waals surface area contributed by atoms with E-state index in [0.717, 1.165) is 12.8 Å². The van der Waals surface area contributed by atoms with E-state index in [4.69, 9.17) is 9.47 Å². The lowest BCUT2D eigenvalue weighted by molar-refractivity contribution is -0.0606. The zero-order valence-corrected chi connectivity index (χ0v) is 8.75. The lowest BCUT2D eigenvalue weighted by Crippen LogP contribution is -2.33. The van der Waals surface area contributed by atoms with Gasteiger partial charge in [-0.3, -0.25) is 0 Å². The van der Waals surface area contributed by atoms with Crippen LogP contribution in [0.1, 0.15) is 26.7 Å². The van der Waals surface area contributed by atoms with Crippen molar-refractivity contribution in [1.82, 2.24) is 0 Å². The number of ether oxygens (including phenoxy) is 2.